The van der Waals surface area contributed by atoms with E-state index < -0.39 is 8.41 Å². The van der Waals surface area contributed by atoms with E-state index in [0.717, 1.165) is 5.76 Å². The first-order valence-electron chi connectivity index (χ1n) is 5.76. The fourth-order valence-electron chi connectivity index (χ4n) is 2.48. The first kappa shape index (κ1) is 13.5. The van der Waals surface area contributed by atoms with Crippen LogP contribution in [0.5, 0.6) is 0 Å². The lowest BCUT2D eigenvalue weighted by Gasteiger charge is -2.42. The molecule has 0 atom stereocenters. The van der Waals surface area contributed by atoms with Crippen LogP contribution in [0.15, 0.2) is 16.5 Å². The largest absolute Gasteiger partial charge is 0.468 e. The third-order valence-corrected chi connectivity index (χ3v) is 8.23. The molecule has 0 saturated heterocycles. The first-order chi connectivity index (χ1) is 7.00. The highest BCUT2D eigenvalue weighted by atomic mass is 28.4. The minimum atomic E-state index is -3.17. The third kappa shape index (κ3) is 1.97. The Morgan fingerprint density at radius 1 is 1.00 bits per heavy atom. The molecule has 0 amide bonds. The molecule has 0 fully saturated rings. The van der Waals surface area contributed by atoms with E-state index in [1.165, 1.54) is 0 Å². The van der Waals surface area contributed by atoms with Crippen LogP contribution < -0.4 is 5.38 Å². The Morgan fingerprint density at radius 3 is 1.69 bits per heavy atom. The number of furan rings is 1. The van der Waals surface area contributed by atoms with Crippen molar-refractivity contribution in [1.29, 1.82) is 0 Å². The maximum atomic E-state index is 15.6. The molecule has 16 heavy (non-hydrogen) atoms. The van der Waals surface area contributed by atoms with Crippen molar-refractivity contribution in [3.05, 3.63) is 17.9 Å². The number of hydrogen-bond acceptors (Lipinski definition) is 1. The Bertz CT molecular complexity index is 354. The molecule has 1 aromatic heterocycles. The molecule has 92 valence electrons. The van der Waals surface area contributed by atoms with Crippen LogP contribution >= 0.6 is 0 Å². The zero-order valence-corrected chi connectivity index (χ0v) is 12.4. The summed E-state index contributed by atoms with van der Waals surface area (Å²) in [5.41, 5.74) is 0. The maximum Gasteiger partial charge on any atom is 0.326 e. The molecule has 3 heteroatoms. The molecule has 0 bridgehead atoms. The molecular weight excluding hydrogens is 219 g/mol. The Hall–Kier alpha value is -0.573. The summed E-state index contributed by atoms with van der Waals surface area (Å²) < 4.78 is 21.2. The van der Waals surface area contributed by atoms with Crippen molar-refractivity contribution < 1.29 is 8.52 Å². The van der Waals surface area contributed by atoms with E-state index in [4.69, 9.17) is 4.42 Å². The second-order valence-corrected chi connectivity index (χ2v) is 11.4. The number of halogens is 1. The van der Waals surface area contributed by atoms with Gasteiger partial charge in [0.25, 0.3) is 0 Å². The van der Waals surface area contributed by atoms with Gasteiger partial charge in [0.15, 0.2) is 0 Å². The SMILES string of the molecule is Cc1ccc([Si](F)(C(C)(C)C)C(C)(C)C)o1. The van der Waals surface area contributed by atoms with Crippen LogP contribution in [0.1, 0.15) is 47.3 Å². The van der Waals surface area contributed by atoms with Crippen molar-refractivity contribution in [2.24, 2.45) is 0 Å². The molecule has 0 saturated carbocycles. The molecule has 0 aliphatic carbocycles. The van der Waals surface area contributed by atoms with Crippen LogP contribution in [0, 0.1) is 6.92 Å². The third-order valence-electron chi connectivity index (χ3n) is 3.15. The van der Waals surface area contributed by atoms with E-state index in [9.17, 15) is 0 Å². The molecule has 1 rings (SSSR count). The molecule has 0 spiro atoms. The first-order valence-corrected chi connectivity index (χ1v) is 7.64. The highest BCUT2D eigenvalue weighted by Crippen LogP contribution is 2.51. The van der Waals surface area contributed by atoms with Crippen LogP contribution in [0.25, 0.3) is 0 Å². The van der Waals surface area contributed by atoms with E-state index in [-0.39, 0.29) is 10.1 Å². The quantitative estimate of drug-likeness (QED) is 0.528. The molecular formula is C13H23FOSi. The maximum absolute atomic E-state index is 15.6. The van der Waals surface area contributed by atoms with Crippen molar-refractivity contribution in [1.82, 2.24) is 0 Å². The highest BCUT2D eigenvalue weighted by Gasteiger charge is 2.59. The summed E-state index contributed by atoms with van der Waals surface area (Å²) in [5, 5.41) is -0.157. The predicted molar refractivity (Wildman–Crippen MR) is 69.4 cm³/mol. The van der Waals surface area contributed by atoms with Crippen LogP contribution in [-0.2, 0) is 0 Å². The molecule has 0 aromatic carbocycles. The molecule has 0 aliphatic rings. The van der Waals surface area contributed by atoms with Gasteiger partial charge in [-0.2, -0.15) is 0 Å². The number of aryl methyl sites for hydroxylation is 1. The lowest BCUT2D eigenvalue weighted by molar-refractivity contribution is 0.490. The average Bonchev–Trinajstić information content (AvgIpc) is 2.46. The molecule has 0 N–H and O–H groups in total. The fourth-order valence-corrected chi connectivity index (χ4v) is 6.83. The van der Waals surface area contributed by atoms with Gasteiger partial charge >= 0.3 is 8.41 Å². The highest BCUT2D eigenvalue weighted by molar-refractivity contribution is 6.89. The Labute approximate surface area is 99.2 Å². The van der Waals surface area contributed by atoms with E-state index in [0.29, 0.717) is 5.38 Å². The van der Waals surface area contributed by atoms with Crippen molar-refractivity contribution >= 4 is 13.8 Å². The van der Waals surface area contributed by atoms with Crippen molar-refractivity contribution in [2.75, 3.05) is 0 Å². The monoisotopic (exact) mass is 242 g/mol. The summed E-state index contributed by atoms with van der Waals surface area (Å²) in [5.74, 6) is 0.790. The van der Waals surface area contributed by atoms with Crippen molar-refractivity contribution in [2.45, 2.75) is 58.5 Å². The molecule has 1 nitrogen and oxygen atoms in total. The van der Waals surface area contributed by atoms with Gasteiger partial charge in [0.05, 0.1) is 0 Å². The van der Waals surface area contributed by atoms with Gasteiger partial charge in [0, 0.05) is 0 Å². The van der Waals surface area contributed by atoms with E-state index >= 15 is 4.11 Å². The summed E-state index contributed by atoms with van der Waals surface area (Å²) in [7, 11) is -3.17. The lowest BCUT2D eigenvalue weighted by Crippen LogP contribution is -2.57. The minimum Gasteiger partial charge on any atom is -0.468 e. The van der Waals surface area contributed by atoms with E-state index in [1.54, 1.807) is 0 Å². The lowest BCUT2D eigenvalue weighted by atomic mass is 10.2. The van der Waals surface area contributed by atoms with Gasteiger partial charge in [-0.05, 0) is 29.1 Å². The molecule has 0 unspecified atom stereocenters. The van der Waals surface area contributed by atoms with Crippen LogP contribution in [0.4, 0.5) is 4.11 Å². The smallest absolute Gasteiger partial charge is 0.326 e. The van der Waals surface area contributed by atoms with Gasteiger partial charge in [0.1, 0.15) is 11.1 Å². The Balaban J connectivity index is 3.38. The molecule has 1 heterocycles. The van der Waals surface area contributed by atoms with Crippen LogP contribution in [0.3, 0.4) is 0 Å². The Morgan fingerprint density at radius 2 is 1.44 bits per heavy atom. The normalized spacial score (nSPS) is 14.2. The van der Waals surface area contributed by atoms with Gasteiger partial charge in [-0.1, -0.05) is 41.5 Å². The average molecular weight is 242 g/mol. The molecule has 0 aliphatic heterocycles. The van der Waals surface area contributed by atoms with Crippen LogP contribution in [0.2, 0.25) is 10.1 Å². The van der Waals surface area contributed by atoms with Crippen molar-refractivity contribution in [3.63, 3.8) is 0 Å². The van der Waals surface area contributed by atoms with Gasteiger partial charge in [-0.25, -0.2) is 0 Å². The zero-order valence-electron chi connectivity index (χ0n) is 11.4. The molecule has 1 aromatic rings. The van der Waals surface area contributed by atoms with E-state index in [2.05, 4.69) is 0 Å². The van der Waals surface area contributed by atoms with Gasteiger partial charge in [-0.15, -0.1) is 0 Å². The summed E-state index contributed by atoms with van der Waals surface area (Å²) in [6, 6.07) is 3.67. The topological polar surface area (TPSA) is 13.1 Å². The summed E-state index contributed by atoms with van der Waals surface area (Å²) in [4.78, 5) is 0. The predicted octanol–water partition coefficient (Wildman–Crippen LogP) is 4.31. The fraction of sp³-hybridized carbons (Fsp3) is 0.692. The zero-order chi connectivity index (χ0) is 12.8. The summed E-state index contributed by atoms with van der Waals surface area (Å²) in [6.45, 7) is 13.7. The standard InChI is InChI=1S/C13H23FOSi/c1-10-8-9-11(15-10)16(14,12(2,3)4)13(5,6)7/h8-9H,1-7H3. The van der Waals surface area contributed by atoms with Gasteiger partial charge < -0.3 is 8.52 Å². The number of hydrogen-bond donors (Lipinski definition) is 0. The second-order valence-electron chi connectivity index (χ2n) is 6.57. The summed E-state index contributed by atoms with van der Waals surface area (Å²) in [6.07, 6.45) is 0. The Kier molecular flexibility index (Phi) is 3.14. The summed E-state index contributed by atoms with van der Waals surface area (Å²) >= 11 is 0. The van der Waals surface area contributed by atoms with E-state index in [1.807, 2.05) is 60.6 Å². The second kappa shape index (κ2) is 3.72. The minimum absolute atomic E-state index is 0.366. The van der Waals surface area contributed by atoms with Gasteiger partial charge in [0.2, 0.25) is 0 Å². The van der Waals surface area contributed by atoms with Crippen LogP contribution in [-0.4, -0.2) is 8.41 Å². The van der Waals surface area contributed by atoms with Gasteiger partial charge in [-0.3, -0.25) is 0 Å². The van der Waals surface area contributed by atoms with Crippen molar-refractivity contribution in [3.8, 4) is 0 Å². The molecule has 0 radical (unpaired) electrons. The number of rotatable bonds is 1.